The van der Waals surface area contributed by atoms with Crippen molar-refractivity contribution in [1.29, 1.82) is 0 Å². The fourth-order valence-corrected chi connectivity index (χ4v) is 10.5. The van der Waals surface area contributed by atoms with Crippen molar-refractivity contribution >= 4 is 143 Å². The van der Waals surface area contributed by atoms with E-state index in [1.54, 1.807) is 166 Å². The number of nitrogens with one attached hydrogen (secondary N) is 1. The normalized spacial score (nSPS) is 11.9. The van der Waals surface area contributed by atoms with Crippen molar-refractivity contribution in [3.8, 4) is 22.3 Å². The van der Waals surface area contributed by atoms with Gasteiger partial charge in [0.1, 0.15) is 38.4 Å². The van der Waals surface area contributed by atoms with Crippen molar-refractivity contribution in [3.63, 3.8) is 0 Å². The van der Waals surface area contributed by atoms with E-state index >= 15 is 0 Å². The van der Waals surface area contributed by atoms with E-state index in [0.717, 1.165) is 44.7 Å². The molecular weight excluding hydrogens is 1500 g/mol. The Bertz CT molecular complexity index is 3780. The van der Waals surface area contributed by atoms with Gasteiger partial charge in [-0.15, -0.1) is 45.9 Å². The monoisotopic (exact) mass is 1570 g/mol. The van der Waals surface area contributed by atoms with Crippen LogP contribution in [0.25, 0.3) is 22.3 Å². The Morgan fingerprint density at radius 3 is 1.06 bits per heavy atom. The lowest BCUT2D eigenvalue weighted by molar-refractivity contribution is -0.142. The summed E-state index contributed by atoms with van der Waals surface area (Å²) >= 11 is 33.8. The van der Waals surface area contributed by atoms with E-state index < -0.39 is 82.2 Å². The first-order valence-corrected chi connectivity index (χ1v) is 35.2. The van der Waals surface area contributed by atoms with E-state index in [0.29, 0.717) is 43.7 Å². The molecule has 552 valence electrons. The summed E-state index contributed by atoms with van der Waals surface area (Å²) < 4.78 is 63.6. The molecule has 1 amide bonds. The molecule has 0 fully saturated rings. The van der Waals surface area contributed by atoms with Crippen LogP contribution in [0.2, 0.25) is 10.0 Å². The van der Waals surface area contributed by atoms with E-state index in [1.807, 2.05) is 86.8 Å². The van der Waals surface area contributed by atoms with Crippen LogP contribution < -0.4 is 16.8 Å². The van der Waals surface area contributed by atoms with Gasteiger partial charge in [0.15, 0.2) is 18.5 Å². The quantitative estimate of drug-likeness (QED) is 0.0207. The number of hydrogen-bond donors (Lipinski definition) is 5. The van der Waals surface area contributed by atoms with E-state index in [1.165, 1.54) is 11.3 Å². The maximum Gasteiger partial charge on any atom is 0.342 e. The zero-order valence-corrected chi connectivity index (χ0v) is 62.3. The summed E-state index contributed by atoms with van der Waals surface area (Å²) in [6.07, 6.45) is -6.34. The summed E-state index contributed by atoms with van der Waals surface area (Å²) in [5, 5.41) is 23.2. The van der Waals surface area contributed by atoms with Crippen LogP contribution in [0.4, 0.5) is 27.6 Å². The molecular formula is C77H81Cl6F4N3O11S2. The highest BCUT2D eigenvalue weighted by atomic mass is 35.5. The Balaban J connectivity index is 0.000000436. The molecule has 7 aromatic carbocycles. The first-order valence-electron chi connectivity index (χ1n) is 30.9. The number of ether oxygens (including phenoxy) is 2. The molecule has 7 N–H and O–H groups in total. The van der Waals surface area contributed by atoms with E-state index in [2.05, 4.69) is 5.32 Å². The zero-order valence-electron chi connectivity index (χ0n) is 56.2. The second kappa shape index (κ2) is 47.3. The number of aliphatic carboxylic acids is 2. The van der Waals surface area contributed by atoms with Crippen LogP contribution in [0.1, 0.15) is 97.5 Å². The summed E-state index contributed by atoms with van der Waals surface area (Å²) in [5.74, 6) is -4.16. The lowest BCUT2D eigenvalue weighted by atomic mass is 10.0. The lowest BCUT2D eigenvalue weighted by Crippen LogP contribution is -2.32. The predicted octanol–water partition coefficient (Wildman–Crippen LogP) is 20.2. The average Bonchev–Trinajstić information content (AvgIpc) is 1.68. The van der Waals surface area contributed by atoms with Gasteiger partial charge in [0, 0.05) is 57.6 Å². The van der Waals surface area contributed by atoms with Crippen LogP contribution in [0.5, 0.6) is 0 Å². The van der Waals surface area contributed by atoms with Gasteiger partial charge in [-0.05, 0) is 134 Å². The van der Waals surface area contributed by atoms with E-state index in [4.69, 9.17) is 101 Å². The number of esters is 2. The average molecular weight is 1580 g/mol. The molecule has 0 aliphatic carbocycles. The van der Waals surface area contributed by atoms with Crippen molar-refractivity contribution in [2.75, 3.05) is 16.4 Å². The number of nitrogens with two attached hydrogens (primary N) is 2. The summed E-state index contributed by atoms with van der Waals surface area (Å²) in [6, 6.07) is 58.3. The molecule has 9 rings (SSSR count). The molecule has 0 bridgehead atoms. The minimum absolute atomic E-state index is 0. The lowest BCUT2D eigenvalue weighted by Gasteiger charge is -2.20. The Morgan fingerprint density at radius 2 is 0.748 bits per heavy atom. The highest BCUT2D eigenvalue weighted by molar-refractivity contribution is 7.15. The standard InChI is InChI=1S/C24H23ClFNO3S.C15H16ClNO2S.2C9H8ClFO.C9H9FO2.C9H11NO2.CH2Cl2.CH4/c1-24(2,3)30-23(29)20-18(16-9-11-17(25)12-10-16)14-31-22(20)27-21(28)19(26)13-15-7-5-4-6-8-15;1-15(2,3)19-14(18)12-11(8-20-13(12)17)9-4-6-10(16)7-5-9;2*10-9(12)8(11)6-7-4-2-1-3-5-7;2*10-8(9(11)12)6-7-4-2-1-3-5-7;2-1-3;/h4-12,14,19H,13H2,1-3H3,(H,27,28);4-8H,17H2,1-3H3;2*1-5,8H,6H2;1-5,8H,6H2,(H,11,12);1-5,8H,6,10H2,(H,11,12);1H2;1H4. The Hall–Kier alpha value is -8.15. The van der Waals surface area contributed by atoms with Gasteiger partial charge in [-0.1, -0.05) is 207 Å². The molecule has 103 heavy (non-hydrogen) atoms. The summed E-state index contributed by atoms with van der Waals surface area (Å²) in [6.45, 7) is 10.8. The third-order valence-corrected chi connectivity index (χ3v) is 15.7. The second-order valence-electron chi connectivity index (χ2n) is 23.6. The maximum absolute atomic E-state index is 14.6. The molecule has 9 aromatic rings. The Labute approximate surface area is 636 Å². The zero-order chi connectivity index (χ0) is 76.1. The minimum Gasteiger partial charge on any atom is -0.480 e. The number of carbonyl (C=O) groups excluding carboxylic acids is 5. The highest BCUT2D eigenvalue weighted by Crippen LogP contribution is 2.38. The fourth-order valence-electron chi connectivity index (χ4n) is 8.35. The van der Waals surface area contributed by atoms with Crippen molar-refractivity contribution in [2.45, 2.75) is 123 Å². The molecule has 0 saturated heterocycles. The Morgan fingerprint density at radius 1 is 0.456 bits per heavy atom. The molecule has 0 saturated carbocycles. The largest absolute Gasteiger partial charge is 0.480 e. The SMILES string of the molecule is C.CC(C)(C)OC(=O)c1c(-c2ccc(Cl)cc2)csc1N.CC(C)(C)OC(=O)c1c(-c2ccc(Cl)cc2)csc1NC(=O)C(F)Cc1ccccc1.ClCCl.NC(Cc1ccccc1)C(=O)O.O=C(Cl)C(F)Cc1ccccc1.O=C(Cl)C(F)Cc1ccccc1.O=C(O)C(F)Cc1ccccc1. The van der Waals surface area contributed by atoms with Gasteiger partial charge in [0.2, 0.25) is 6.17 Å². The van der Waals surface area contributed by atoms with Gasteiger partial charge in [-0.2, -0.15) is 0 Å². The van der Waals surface area contributed by atoms with Crippen LogP contribution in [0, 0.1) is 0 Å². The number of carboxylic acids is 2. The van der Waals surface area contributed by atoms with Gasteiger partial charge in [0.25, 0.3) is 16.4 Å². The number of halogens is 10. The van der Waals surface area contributed by atoms with Crippen molar-refractivity contribution in [2.24, 2.45) is 5.73 Å². The number of alkyl halides is 6. The van der Waals surface area contributed by atoms with Gasteiger partial charge in [-0.25, -0.2) is 31.9 Å². The summed E-state index contributed by atoms with van der Waals surface area (Å²) in [4.78, 5) is 78.9. The smallest absolute Gasteiger partial charge is 0.342 e. The van der Waals surface area contributed by atoms with Crippen LogP contribution in [-0.2, 0) is 65.6 Å². The van der Waals surface area contributed by atoms with Crippen molar-refractivity contribution in [1.82, 2.24) is 0 Å². The maximum atomic E-state index is 14.6. The Kier molecular flexibility index (Phi) is 41.7. The minimum atomic E-state index is -1.80. The van der Waals surface area contributed by atoms with Gasteiger partial charge in [-0.3, -0.25) is 19.2 Å². The molecule has 0 aliphatic rings. The molecule has 5 unspecified atom stereocenters. The molecule has 2 heterocycles. The first kappa shape index (κ1) is 90.9. The van der Waals surface area contributed by atoms with Gasteiger partial charge < -0.3 is 36.5 Å². The van der Waals surface area contributed by atoms with Gasteiger partial charge >= 0.3 is 23.9 Å². The predicted molar refractivity (Wildman–Crippen MR) is 411 cm³/mol. The third kappa shape index (κ3) is 36.2. The number of nitrogen functional groups attached to an aromatic ring is 1. The molecule has 2 aromatic heterocycles. The van der Waals surface area contributed by atoms with Crippen LogP contribution in [-0.4, -0.2) is 97.8 Å². The molecule has 0 spiro atoms. The van der Waals surface area contributed by atoms with Crippen LogP contribution >= 0.6 is 92.3 Å². The number of carboxylic acid groups (broad SMARTS) is 2. The number of benzene rings is 7. The van der Waals surface area contributed by atoms with E-state index in [-0.39, 0.29) is 49.0 Å². The van der Waals surface area contributed by atoms with Crippen molar-refractivity contribution in [3.05, 3.63) is 260 Å². The van der Waals surface area contributed by atoms with Crippen molar-refractivity contribution < 1.29 is 70.8 Å². The number of thiophene rings is 2. The number of anilines is 2. The molecule has 14 nitrogen and oxygen atoms in total. The third-order valence-electron chi connectivity index (χ3n) is 13.1. The number of hydrogen-bond acceptors (Lipinski definition) is 13. The number of rotatable bonds is 20. The summed E-state index contributed by atoms with van der Waals surface area (Å²) in [7, 11) is 0. The summed E-state index contributed by atoms with van der Waals surface area (Å²) in [5.41, 5.74) is 17.5. The topological polar surface area (TPSA) is 242 Å². The second-order valence-corrected chi connectivity index (χ2v) is 27.8. The van der Waals surface area contributed by atoms with E-state index in [9.17, 15) is 51.1 Å². The van der Waals surface area contributed by atoms with Crippen LogP contribution in [0.15, 0.2) is 211 Å². The van der Waals surface area contributed by atoms with Crippen LogP contribution in [0.3, 0.4) is 0 Å². The highest BCUT2D eigenvalue weighted by Gasteiger charge is 2.29. The number of carbonyl (C=O) groups is 7. The first-order chi connectivity index (χ1) is 48.1. The molecule has 26 heteroatoms. The fraction of sp³-hybridized carbons (Fsp3) is 0.260. The number of amides is 1. The van der Waals surface area contributed by atoms with Gasteiger partial charge in [0.05, 0.1) is 5.34 Å². The molecule has 5 atom stereocenters. The molecule has 0 aliphatic heterocycles. The molecule has 0 radical (unpaired) electrons.